The number of benzene rings is 2. The Balaban J connectivity index is 1.72. The summed E-state index contributed by atoms with van der Waals surface area (Å²) in [7, 11) is 0. The van der Waals surface area contributed by atoms with Crippen molar-refractivity contribution in [3.63, 3.8) is 0 Å². The molecule has 4 rings (SSSR count). The van der Waals surface area contributed by atoms with Crippen molar-refractivity contribution in [3.05, 3.63) is 89.3 Å². The molecule has 0 saturated heterocycles. The Morgan fingerprint density at radius 2 is 1.86 bits per heavy atom. The lowest BCUT2D eigenvalue weighted by atomic mass is 9.99. The van der Waals surface area contributed by atoms with Gasteiger partial charge in [-0.2, -0.15) is 0 Å². The molecule has 0 radical (unpaired) electrons. The molecule has 29 heavy (non-hydrogen) atoms. The predicted molar refractivity (Wildman–Crippen MR) is 107 cm³/mol. The molecule has 0 atom stereocenters. The number of aromatic nitrogens is 2. The van der Waals surface area contributed by atoms with Crippen LogP contribution in [0.4, 0.5) is 4.39 Å². The highest BCUT2D eigenvalue weighted by molar-refractivity contribution is 5.94. The highest BCUT2D eigenvalue weighted by Crippen LogP contribution is 2.42. The zero-order valence-electron chi connectivity index (χ0n) is 15.6. The van der Waals surface area contributed by atoms with E-state index < -0.39 is 5.97 Å². The lowest BCUT2D eigenvalue weighted by molar-refractivity contribution is 0.0690. The molecule has 0 saturated carbocycles. The van der Waals surface area contributed by atoms with Gasteiger partial charge in [-0.15, -0.1) is 0 Å². The minimum atomic E-state index is -1.13. The second-order valence-electron chi connectivity index (χ2n) is 6.82. The van der Waals surface area contributed by atoms with E-state index in [0.717, 1.165) is 36.0 Å². The average molecular weight is 390 g/mol. The molecule has 1 N–H and O–H groups in total. The summed E-state index contributed by atoms with van der Waals surface area (Å²) >= 11 is 0. The fraction of sp³-hybridized carbons (Fsp3) is 0.174. The number of carboxylic acids is 1. The van der Waals surface area contributed by atoms with Gasteiger partial charge >= 0.3 is 5.97 Å². The van der Waals surface area contributed by atoms with Gasteiger partial charge in [0.1, 0.15) is 18.2 Å². The van der Waals surface area contributed by atoms with E-state index in [2.05, 4.69) is 9.97 Å². The van der Waals surface area contributed by atoms with Crippen molar-refractivity contribution in [3.8, 4) is 5.75 Å². The van der Waals surface area contributed by atoms with Crippen molar-refractivity contribution < 1.29 is 19.0 Å². The molecule has 3 aromatic rings. The molecule has 2 aromatic carbocycles. The predicted octanol–water partition coefficient (Wildman–Crippen LogP) is 4.99. The van der Waals surface area contributed by atoms with Gasteiger partial charge in [0.15, 0.2) is 5.69 Å². The number of hydrogen-bond donors (Lipinski definition) is 1. The number of rotatable bonds is 6. The Morgan fingerprint density at radius 1 is 1.07 bits per heavy atom. The van der Waals surface area contributed by atoms with Gasteiger partial charge in [0.05, 0.1) is 18.1 Å². The second kappa shape index (κ2) is 8.22. The SMILES string of the molecule is O=C(O)c1cncc(C2=C(c3cc(F)ccc3OCc3ccccc3)CCC2)n1. The van der Waals surface area contributed by atoms with Crippen LogP contribution in [0.15, 0.2) is 60.9 Å². The van der Waals surface area contributed by atoms with Gasteiger partial charge < -0.3 is 9.84 Å². The maximum Gasteiger partial charge on any atom is 0.356 e. The van der Waals surface area contributed by atoms with Crippen LogP contribution in [0.1, 0.15) is 46.6 Å². The minimum absolute atomic E-state index is 0.110. The first-order valence-corrected chi connectivity index (χ1v) is 9.36. The van der Waals surface area contributed by atoms with Crippen LogP contribution in [0, 0.1) is 5.82 Å². The van der Waals surface area contributed by atoms with Crippen LogP contribution < -0.4 is 4.74 Å². The molecule has 0 unspecified atom stereocenters. The third-order valence-electron chi connectivity index (χ3n) is 4.88. The van der Waals surface area contributed by atoms with Crippen LogP contribution in [0.25, 0.3) is 11.1 Å². The molecule has 0 spiro atoms. The molecule has 0 amide bonds. The molecule has 0 fully saturated rings. The van der Waals surface area contributed by atoms with Crippen molar-refractivity contribution in [1.29, 1.82) is 0 Å². The van der Waals surface area contributed by atoms with Crippen LogP contribution in [0.5, 0.6) is 5.75 Å². The standard InChI is InChI=1S/C23H19FN2O3/c24-16-9-10-22(29-14-15-5-2-1-3-6-15)19(11-16)17-7-4-8-18(17)20-12-25-13-21(26-20)23(27)28/h1-3,5-6,9-13H,4,7-8,14H2,(H,27,28). The third-order valence-corrected chi connectivity index (χ3v) is 4.88. The Hall–Kier alpha value is -3.54. The molecular weight excluding hydrogens is 371 g/mol. The number of nitrogens with zero attached hydrogens (tertiary/aromatic N) is 2. The zero-order chi connectivity index (χ0) is 20.2. The molecule has 146 valence electrons. The van der Waals surface area contributed by atoms with E-state index in [0.29, 0.717) is 23.6 Å². The number of ether oxygens (including phenoxy) is 1. The van der Waals surface area contributed by atoms with Crippen LogP contribution in [-0.4, -0.2) is 21.0 Å². The number of carbonyl (C=O) groups is 1. The summed E-state index contributed by atoms with van der Waals surface area (Å²) in [6.45, 7) is 0.371. The smallest absolute Gasteiger partial charge is 0.356 e. The van der Waals surface area contributed by atoms with E-state index >= 15 is 0 Å². The van der Waals surface area contributed by atoms with Gasteiger partial charge in [-0.25, -0.2) is 14.2 Å². The van der Waals surface area contributed by atoms with E-state index in [-0.39, 0.29) is 11.5 Å². The Labute approximate surface area is 167 Å². The van der Waals surface area contributed by atoms with Crippen molar-refractivity contribution in [2.75, 3.05) is 0 Å². The first-order chi connectivity index (χ1) is 14.1. The van der Waals surface area contributed by atoms with E-state index in [1.165, 1.54) is 18.3 Å². The number of hydrogen-bond acceptors (Lipinski definition) is 4. The molecule has 0 bridgehead atoms. The second-order valence-corrected chi connectivity index (χ2v) is 6.82. The first-order valence-electron chi connectivity index (χ1n) is 9.36. The van der Waals surface area contributed by atoms with Crippen molar-refractivity contribution >= 4 is 17.1 Å². The van der Waals surface area contributed by atoms with Gasteiger partial charge in [-0.3, -0.25) is 4.98 Å². The summed E-state index contributed by atoms with van der Waals surface area (Å²) in [5.74, 6) is -0.889. The van der Waals surface area contributed by atoms with E-state index in [9.17, 15) is 14.3 Å². The summed E-state index contributed by atoms with van der Waals surface area (Å²) in [6, 6.07) is 14.2. The summed E-state index contributed by atoms with van der Waals surface area (Å²) in [6.07, 6.45) is 5.11. The lowest BCUT2D eigenvalue weighted by Crippen LogP contribution is -2.04. The number of aromatic carboxylic acids is 1. The van der Waals surface area contributed by atoms with Gasteiger partial charge in [0, 0.05) is 5.56 Å². The molecule has 5 nitrogen and oxygen atoms in total. The van der Waals surface area contributed by atoms with Gasteiger partial charge in [0.2, 0.25) is 0 Å². The normalized spacial score (nSPS) is 13.6. The molecular formula is C23H19FN2O3. The molecule has 1 aromatic heterocycles. The highest BCUT2D eigenvalue weighted by atomic mass is 19.1. The topological polar surface area (TPSA) is 72.3 Å². The van der Waals surface area contributed by atoms with Crippen LogP contribution >= 0.6 is 0 Å². The fourth-order valence-electron chi connectivity index (χ4n) is 3.54. The van der Waals surface area contributed by atoms with Gasteiger partial charge in [-0.05, 0) is 54.2 Å². The summed E-state index contributed by atoms with van der Waals surface area (Å²) < 4.78 is 20.1. The van der Waals surface area contributed by atoms with Crippen molar-refractivity contribution in [2.24, 2.45) is 0 Å². The van der Waals surface area contributed by atoms with Crippen molar-refractivity contribution in [2.45, 2.75) is 25.9 Å². The molecule has 0 aliphatic heterocycles. The molecule has 6 heteroatoms. The largest absolute Gasteiger partial charge is 0.488 e. The maximum absolute atomic E-state index is 14.1. The summed E-state index contributed by atoms with van der Waals surface area (Å²) in [4.78, 5) is 19.5. The van der Waals surface area contributed by atoms with Crippen LogP contribution in [0.3, 0.4) is 0 Å². The Bertz CT molecular complexity index is 1080. The fourth-order valence-corrected chi connectivity index (χ4v) is 3.54. The minimum Gasteiger partial charge on any atom is -0.488 e. The zero-order valence-corrected chi connectivity index (χ0v) is 15.6. The average Bonchev–Trinajstić information content (AvgIpc) is 3.23. The first kappa shape index (κ1) is 18.8. The monoisotopic (exact) mass is 390 g/mol. The lowest BCUT2D eigenvalue weighted by Gasteiger charge is -2.14. The summed E-state index contributed by atoms with van der Waals surface area (Å²) in [5.41, 5.74) is 3.90. The number of allylic oxidation sites excluding steroid dienone is 2. The number of carboxylic acid groups (broad SMARTS) is 1. The van der Waals surface area contributed by atoms with E-state index in [4.69, 9.17) is 4.74 Å². The summed E-state index contributed by atoms with van der Waals surface area (Å²) in [5, 5.41) is 9.21. The maximum atomic E-state index is 14.1. The molecule has 1 aliphatic carbocycles. The molecule has 1 heterocycles. The van der Waals surface area contributed by atoms with Crippen LogP contribution in [-0.2, 0) is 6.61 Å². The quantitative estimate of drug-likeness (QED) is 0.642. The van der Waals surface area contributed by atoms with E-state index in [1.54, 1.807) is 12.3 Å². The molecule has 1 aliphatic rings. The highest BCUT2D eigenvalue weighted by Gasteiger charge is 2.23. The number of halogens is 1. The van der Waals surface area contributed by atoms with Crippen LogP contribution in [0.2, 0.25) is 0 Å². The third kappa shape index (κ3) is 4.16. The van der Waals surface area contributed by atoms with Gasteiger partial charge in [0.25, 0.3) is 0 Å². The van der Waals surface area contributed by atoms with Gasteiger partial charge in [-0.1, -0.05) is 30.3 Å². The Morgan fingerprint density at radius 3 is 2.66 bits per heavy atom. The van der Waals surface area contributed by atoms with Crippen molar-refractivity contribution in [1.82, 2.24) is 9.97 Å². The van der Waals surface area contributed by atoms with E-state index in [1.807, 2.05) is 30.3 Å². The Kier molecular flexibility index (Phi) is 5.33.